The van der Waals surface area contributed by atoms with Crippen LogP contribution in [0.2, 0.25) is 0 Å². The second-order valence-electron chi connectivity index (χ2n) is 7.43. The molecule has 0 radical (unpaired) electrons. The van der Waals surface area contributed by atoms with Gasteiger partial charge in [-0.15, -0.1) is 0 Å². The lowest BCUT2D eigenvalue weighted by Gasteiger charge is -2.21. The Kier molecular flexibility index (Phi) is 18.3. The molecule has 0 aromatic carbocycles. The normalized spacial score (nSPS) is 11.6. The van der Waals surface area contributed by atoms with E-state index in [9.17, 15) is 19.2 Å². The van der Waals surface area contributed by atoms with Crippen LogP contribution in [0.15, 0.2) is 0 Å². The Bertz CT molecular complexity index is 516. The second-order valence-corrected chi connectivity index (χ2v) is 7.43. The maximum absolute atomic E-state index is 12.3. The Hall–Kier alpha value is -2.20. The van der Waals surface area contributed by atoms with Gasteiger partial charge in [0.05, 0.1) is 19.8 Å². The SMILES string of the molecule is CCCOCCOCCNC(=O)CCC(=O)NC(C(=O)NCCCCNC=O)C(C)C. The quantitative estimate of drug-likeness (QED) is 0.155. The third-order valence-corrected chi connectivity index (χ3v) is 4.26. The van der Waals surface area contributed by atoms with Crippen LogP contribution in [-0.2, 0) is 28.7 Å². The highest BCUT2D eigenvalue weighted by molar-refractivity contribution is 5.89. The van der Waals surface area contributed by atoms with E-state index >= 15 is 0 Å². The first-order valence-electron chi connectivity index (χ1n) is 11.1. The van der Waals surface area contributed by atoms with E-state index < -0.39 is 6.04 Å². The van der Waals surface area contributed by atoms with Crippen LogP contribution in [0.3, 0.4) is 0 Å². The number of hydrogen-bond acceptors (Lipinski definition) is 6. The van der Waals surface area contributed by atoms with Crippen molar-refractivity contribution in [3.63, 3.8) is 0 Å². The smallest absolute Gasteiger partial charge is 0.242 e. The summed E-state index contributed by atoms with van der Waals surface area (Å²) in [6.45, 7) is 9.23. The number of hydrogen-bond donors (Lipinski definition) is 4. The van der Waals surface area contributed by atoms with Crippen molar-refractivity contribution in [2.75, 3.05) is 46.1 Å². The fraction of sp³-hybridized carbons (Fsp3) is 0.810. The van der Waals surface area contributed by atoms with Crippen LogP contribution >= 0.6 is 0 Å². The summed E-state index contributed by atoms with van der Waals surface area (Å²) in [5, 5.41) is 10.8. The van der Waals surface area contributed by atoms with E-state index in [0.29, 0.717) is 52.5 Å². The van der Waals surface area contributed by atoms with Crippen LogP contribution in [0.1, 0.15) is 52.9 Å². The molecule has 0 aromatic rings. The molecule has 0 saturated carbocycles. The van der Waals surface area contributed by atoms with Crippen molar-refractivity contribution in [3.05, 3.63) is 0 Å². The Labute approximate surface area is 185 Å². The summed E-state index contributed by atoms with van der Waals surface area (Å²) in [5.41, 5.74) is 0. The number of unbranched alkanes of at least 4 members (excludes halogenated alkanes) is 1. The zero-order chi connectivity index (χ0) is 23.3. The summed E-state index contributed by atoms with van der Waals surface area (Å²) in [7, 11) is 0. The second kappa shape index (κ2) is 19.7. The highest BCUT2D eigenvalue weighted by atomic mass is 16.5. The summed E-state index contributed by atoms with van der Waals surface area (Å²) >= 11 is 0. The average molecular weight is 445 g/mol. The summed E-state index contributed by atoms with van der Waals surface area (Å²) in [4.78, 5) is 46.5. The summed E-state index contributed by atoms with van der Waals surface area (Å²) < 4.78 is 10.6. The highest BCUT2D eigenvalue weighted by Gasteiger charge is 2.23. The van der Waals surface area contributed by atoms with Crippen LogP contribution in [0.25, 0.3) is 0 Å². The van der Waals surface area contributed by atoms with E-state index in [1.54, 1.807) is 0 Å². The molecule has 10 nitrogen and oxygen atoms in total. The molecule has 0 bridgehead atoms. The van der Waals surface area contributed by atoms with Gasteiger partial charge in [0.25, 0.3) is 0 Å². The van der Waals surface area contributed by atoms with Crippen molar-refractivity contribution in [2.45, 2.75) is 58.9 Å². The van der Waals surface area contributed by atoms with Crippen molar-refractivity contribution in [1.82, 2.24) is 21.3 Å². The third kappa shape index (κ3) is 17.2. The lowest BCUT2D eigenvalue weighted by Crippen LogP contribution is -2.50. The first-order valence-corrected chi connectivity index (χ1v) is 11.1. The van der Waals surface area contributed by atoms with E-state index in [0.717, 1.165) is 19.3 Å². The van der Waals surface area contributed by atoms with Gasteiger partial charge in [-0.25, -0.2) is 0 Å². The van der Waals surface area contributed by atoms with Gasteiger partial charge < -0.3 is 30.7 Å². The van der Waals surface area contributed by atoms with Crippen molar-refractivity contribution >= 4 is 24.1 Å². The summed E-state index contributed by atoms with van der Waals surface area (Å²) in [5.74, 6) is -0.928. The summed E-state index contributed by atoms with van der Waals surface area (Å²) in [6.07, 6.45) is 3.13. The van der Waals surface area contributed by atoms with E-state index in [4.69, 9.17) is 9.47 Å². The van der Waals surface area contributed by atoms with Gasteiger partial charge in [-0.3, -0.25) is 19.2 Å². The molecule has 0 heterocycles. The number of carbonyl (C=O) groups is 4. The Morgan fingerprint density at radius 3 is 2.13 bits per heavy atom. The number of ether oxygens (including phenoxy) is 2. The van der Waals surface area contributed by atoms with Crippen LogP contribution in [-0.4, -0.2) is 76.2 Å². The molecule has 0 aliphatic heterocycles. The molecule has 0 saturated heterocycles. The molecule has 4 amide bonds. The predicted molar refractivity (Wildman–Crippen MR) is 117 cm³/mol. The standard InChI is InChI=1S/C21H40N4O6/c1-4-12-30-14-15-31-13-11-23-18(27)7-8-19(28)25-20(17(2)3)21(29)24-10-6-5-9-22-16-26/h16-17,20H,4-15H2,1-3H3,(H,22,26)(H,23,27)(H,24,29)(H,25,28). The number of nitrogens with one attached hydrogen (secondary N) is 4. The number of carbonyl (C=O) groups excluding carboxylic acids is 4. The Balaban J connectivity index is 3.98. The average Bonchev–Trinajstić information content (AvgIpc) is 2.74. The zero-order valence-corrected chi connectivity index (χ0v) is 19.2. The molecule has 31 heavy (non-hydrogen) atoms. The van der Waals surface area contributed by atoms with Gasteiger partial charge in [0.1, 0.15) is 6.04 Å². The molecule has 4 N–H and O–H groups in total. The van der Waals surface area contributed by atoms with Crippen LogP contribution in [0, 0.1) is 5.92 Å². The molecule has 10 heteroatoms. The van der Waals surface area contributed by atoms with E-state index in [2.05, 4.69) is 21.3 Å². The Morgan fingerprint density at radius 1 is 0.839 bits per heavy atom. The largest absolute Gasteiger partial charge is 0.379 e. The predicted octanol–water partition coefficient (Wildman–Crippen LogP) is 0.109. The van der Waals surface area contributed by atoms with Gasteiger partial charge in [-0.05, 0) is 25.2 Å². The Morgan fingerprint density at radius 2 is 1.48 bits per heavy atom. The van der Waals surface area contributed by atoms with E-state index in [-0.39, 0.29) is 36.5 Å². The molecule has 0 spiro atoms. The molecule has 0 aromatic heterocycles. The number of rotatable bonds is 20. The van der Waals surface area contributed by atoms with Gasteiger partial charge in [0.2, 0.25) is 24.1 Å². The van der Waals surface area contributed by atoms with Gasteiger partial charge >= 0.3 is 0 Å². The van der Waals surface area contributed by atoms with Crippen LogP contribution in [0.4, 0.5) is 0 Å². The van der Waals surface area contributed by atoms with E-state index in [1.165, 1.54) is 0 Å². The topological polar surface area (TPSA) is 135 Å². The lowest BCUT2D eigenvalue weighted by molar-refractivity contribution is -0.131. The van der Waals surface area contributed by atoms with E-state index in [1.807, 2.05) is 20.8 Å². The van der Waals surface area contributed by atoms with Gasteiger partial charge in [-0.2, -0.15) is 0 Å². The minimum atomic E-state index is -0.660. The molecule has 0 aliphatic carbocycles. The van der Waals surface area contributed by atoms with Gasteiger partial charge in [0, 0.05) is 39.1 Å². The first-order chi connectivity index (χ1) is 14.9. The third-order valence-electron chi connectivity index (χ3n) is 4.26. The van der Waals surface area contributed by atoms with Gasteiger partial charge in [-0.1, -0.05) is 20.8 Å². The molecular weight excluding hydrogens is 404 g/mol. The minimum absolute atomic E-state index is 0.00537. The molecule has 0 rings (SSSR count). The first kappa shape index (κ1) is 28.8. The lowest BCUT2D eigenvalue weighted by atomic mass is 10.0. The molecule has 0 fully saturated rings. The highest BCUT2D eigenvalue weighted by Crippen LogP contribution is 2.03. The number of amides is 4. The monoisotopic (exact) mass is 444 g/mol. The van der Waals surface area contributed by atoms with Crippen molar-refractivity contribution in [2.24, 2.45) is 5.92 Å². The minimum Gasteiger partial charge on any atom is -0.379 e. The maximum Gasteiger partial charge on any atom is 0.242 e. The molecular formula is C21H40N4O6. The van der Waals surface area contributed by atoms with Crippen molar-refractivity contribution in [1.29, 1.82) is 0 Å². The van der Waals surface area contributed by atoms with Crippen molar-refractivity contribution < 1.29 is 28.7 Å². The van der Waals surface area contributed by atoms with Crippen LogP contribution < -0.4 is 21.3 Å². The van der Waals surface area contributed by atoms with Crippen LogP contribution in [0.5, 0.6) is 0 Å². The maximum atomic E-state index is 12.3. The zero-order valence-electron chi connectivity index (χ0n) is 19.2. The molecule has 1 unspecified atom stereocenters. The fourth-order valence-electron chi connectivity index (χ4n) is 2.56. The van der Waals surface area contributed by atoms with Crippen molar-refractivity contribution in [3.8, 4) is 0 Å². The molecule has 1 atom stereocenters. The molecule has 0 aliphatic rings. The molecule has 180 valence electrons. The van der Waals surface area contributed by atoms with Gasteiger partial charge in [0.15, 0.2) is 0 Å². The summed E-state index contributed by atoms with van der Waals surface area (Å²) in [6, 6.07) is -0.660. The fourth-order valence-corrected chi connectivity index (χ4v) is 2.56.